The van der Waals surface area contributed by atoms with Crippen LogP contribution >= 0.6 is 23.4 Å². The Kier molecular flexibility index (Phi) is 7.04. The van der Waals surface area contributed by atoms with Gasteiger partial charge >= 0.3 is 6.18 Å². The summed E-state index contributed by atoms with van der Waals surface area (Å²) in [6.45, 7) is 0.592. The van der Waals surface area contributed by atoms with E-state index in [1.54, 1.807) is 12.1 Å². The van der Waals surface area contributed by atoms with E-state index >= 15 is 0 Å². The van der Waals surface area contributed by atoms with E-state index in [0.29, 0.717) is 22.5 Å². The normalized spacial score (nSPS) is 12.6. The molecule has 3 aromatic rings. The third kappa shape index (κ3) is 5.99. The fourth-order valence-corrected chi connectivity index (χ4v) is 3.64. The lowest BCUT2D eigenvalue weighted by atomic mass is 10.2. The van der Waals surface area contributed by atoms with Gasteiger partial charge in [-0.3, -0.25) is 9.36 Å². The van der Waals surface area contributed by atoms with Crippen LogP contribution in [0, 0.1) is 0 Å². The number of carbonyl (C=O) groups is 1. The third-order valence-corrected chi connectivity index (χ3v) is 5.45. The van der Waals surface area contributed by atoms with Gasteiger partial charge in [0, 0.05) is 10.6 Å². The summed E-state index contributed by atoms with van der Waals surface area (Å²) >= 11 is 7.02. The maximum absolute atomic E-state index is 12.4. The van der Waals surface area contributed by atoms with Gasteiger partial charge < -0.3 is 5.32 Å². The fourth-order valence-electron chi connectivity index (χ4n) is 2.64. The smallest absolute Gasteiger partial charge is 0.346 e. The lowest BCUT2D eigenvalue weighted by Crippen LogP contribution is -2.38. The SMILES string of the molecule is CC(Sc1nnc(-c2ccc(Cl)cc2)n1Cc1ccccc1)C(=O)NCC(F)(F)F. The molecule has 0 saturated heterocycles. The number of thioether (sulfide) groups is 1. The molecule has 1 unspecified atom stereocenters. The summed E-state index contributed by atoms with van der Waals surface area (Å²) in [5.74, 6) is -0.152. The van der Waals surface area contributed by atoms with Crippen LogP contribution in [0.4, 0.5) is 13.2 Å². The molecule has 30 heavy (non-hydrogen) atoms. The lowest BCUT2D eigenvalue weighted by molar-refractivity contribution is -0.137. The zero-order chi connectivity index (χ0) is 21.7. The molecule has 0 radical (unpaired) electrons. The second-order valence-electron chi connectivity index (χ2n) is 6.48. The maximum atomic E-state index is 12.4. The molecule has 0 spiro atoms. The quantitative estimate of drug-likeness (QED) is 0.521. The van der Waals surface area contributed by atoms with Gasteiger partial charge in [0.15, 0.2) is 11.0 Å². The van der Waals surface area contributed by atoms with Gasteiger partial charge in [-0.05, 0) is 36.8 Å². The van der Waals surface area contributed by atoms with Crippen molar-refractivity contribution in [3.8, 4) is 11.4 Å². The van der Waals surface area contributed by atoms with Crippen LogP contribution in [0.3, 0.4) is 0 Å². The van der Waals surface area contributed by atoms with Gasteiger partial charge in [-0.25, -0.2) is 0 Å². The van der Waals surface area contributed by atoms with Crippen molar-refractivity contribution < 1.29 is 18.0 Å². The minimum absolute atomic E-state index is 0.429. The highest BCUT2D eigenvalue weighted by Crippen LogP contribution is 2.28. The Balaban J connectivity index is 1.86. The predicted octanol–water partition coefficient (Wildman–Crippen LogP) is 4.81. The summed E-state index contributed by atoms with van der Waals surface area (Å²) in [7, 11) is 0. The second-order valence-corrected chi connectivity index (χ2v) is 8.22. The maximum Gasteiger partial charge on any atom is 0.405 e. The third-order valence-electron chi connectivity index (χ3n) is 4.12. The van der Waals surface area contributed by atoms with Crippen molar-refractivity contribution in [1.82, 2.24) is 20.1 Å². The summed E-state index contributed by atoms with van der Waals surface area (Å²) in [6, 6.07) is 16.7. The zero-order valence-electron chi connectivity index (χ0n) is 15.9. The molecule has 1 heterocycles. The van der Waals surface area contributed by atoms with Crippen molar-refractivity contribution in [2.75, 3.05) is 6.54 Å². The Morgan fingerprint density at radius 2 is 1.80 bits per heavy atom. The summed E-state index contributed by atoms with van der Waals surface area (Å²) in [6.07, 6.45) is -4.46. The number of aromatic nitrogens is 3. The highest BCUT2D eigenvalue weighted by molar-refractivity contribution is 8.00. The number of rotatable bonds is 7. The van der Waals surface area contributed by atoms with Crippen molar-refractivity contribution >= 4 is 29.3 Å². The first-order valence-corrected chi connectivity index (χ1v) is 10.2. The Morgan fingerprint density at radius 3 is 2.43 bits per heavy atom. The van der Waals surface area contributed by atoms with Gasteiger partial charge in [-0.1, -0.05) is 53.7 Å². The van der Waals surface area contributed by atoms with Crippen molar-refractivity contribution in [1.29, 1.82) is 0 Å². The van der Waals surface area contributed by atoms with E-state index in [1.807, 2.05) is 52.3 Å². The summed E-state index contributed by atoms with van der Waals surface area (Å²) in [5, 5.41) is 10.6. The number of amides is 1. The van der Waals surface area contributed by atoms with Crippen LogP contribution in [-0.4, -0.2) is 38.6 Å². The van der Waals surface area contributed by atoms with Gasteiger partial charge in [-0.15, -0.1) is 10.2 Å². The molecular formula is C20H18ClF3N4OS. The van der Waals surface area contributed by atoms with Crippen LogP contribution in [0.15, 0.2) is 59.8 Å². The van der Waals surface area contributed by atoms with Crippen LogP contribution in [0.25, 0.3) is 11.4 Å². The van der Waals surface area contributed by atoms with Gasteiger partial charge in [0.05, 0.1) is 11.8 Å². The molecule has 158 valence electrons. The molecule has 0 bridgehead atoms. The van der Waals surface area contributed by atoms with Crippen LogP contribution < -0.4 is 5.32 Å². The van der Waals surface area contributed by atoms with E-state index in [0.717, 1.165) is 22.9 Å². The molecule has 1 atom stereocenters. The van der Waals surface area contributed by atoms with E-state index < -0.39 is 23.9 Å². The Morgan fingerprint density at radius 1 is 1.13 bits per heavy atom. The van der Waals surface area contributed by atoms with Gasteiger partial charge in [-0.2, -0.15) is 13.2 Å². The number of carbonyl (C=O) groups excluding carboxylic acids is 1. The largest absolute Gasteiger partial charge is 0.405 e. The molecule has 2 aromatic carbocycles. The summed E-state index contributed by atoms with van der Waals surface area (Å²) < 4.78 is 39.0. The molecule has 1 N–H and O–H groups in total. The monoisotopic (exact) mass is 454 g/mol. The van der Waals surface area contributed by atoms with E-state index in [-0.39, 0.29) is 0 Å². The number of nitrogens with zero attached hydrogens (tertiary/aromatic N) is 3. The Labute approximate surface area is 180 Å². The second kappa shape index (κ2) is 9.53. The first kappa shape index (κ1) is 22.2. The summed E-state index contributed by atoms with van der Waals surface area (Å²) in [4.78, 5) is 12.1. The van der Waals surface area contributed by atoms with E-state index in [1.165, 1.54) is 6.92 Å². The standard InChI is InChI=1S/C20H18ClF3N4OS/c1-13(18(29)25-12-20(22,23)24)30-19-27-26-17(15-7-9-16(21)10-8-15)28(19)11-14-5-3-2-4-6-14/h2-10,13H,11-12H2,1H3,(H,25,29). The van der Waals surface area contributed by atoms with Crippen LogP contribution in [0.1, 0.15) is 12.5 Å². The molecule has 0 aliphatic heterocycles. The highest BCUT2D eigenvalue weighted by Gasteiger charge is 2.29. The van der Waals surface area contributed by atoms with Crippen molar-refractivity contribution in [3.63, 3.8) is 0 Å². The minimum Gasteiger partial charge on any atom is -0.346 e. The first-order valence-electron chi connectivity index (χ1n) is 8.97. The number of nitrogens with one attached hydrogen (secondary N) is 1. The molecule has 0 saturated carbocycles. The highest BCUT2D eigenvalue weighted by atomic mass is 35.5. The molecule has 10 heteroatoms. The van der Waals surface area contributed by atoms with Crippen molar-refractivity contribution in [3.05, 3.63) is 65.2 Å². The molecule has 1 amide bonds. The zero-order valence-corrected chi connectivity index (χ0v) is 17.4. The number of hydrogen-bond acceptors (Lipinski definition) is 4. The van der Waals surface area contributed by atoms with Crippen LogP contribution in [0.5, 0.6) is 0 Å². The molecule has 0 aliphatic rings. The fraction of sp³-hybridized carbons (Fsp3) is 0.250. The molecule has 0 aliphatic carbocycles. The number of halogens is 4. The predicted molar refractivity (Wildman–Crippen MR) is 110 cm³/mol. The molecular weight excluding hydrogens is 437 g/mol. The Hall–Kier alpha value is -2.52. The van der Waals surface area contributed by atoms with Crippen LogP contribution in [0.2, 0.25) is 5.02 Å². The van der Waals surface area contributed by atoms with Gasteiger partial charge in [0.2, 0.25) is 5.91 Å². The first-order chi connectivity index (χ1) is 14.2. The molecule has 0 fully saturated rings. The molecule has 5 nitrogen and oxygen atoms in total. The number of hydrogen-bond donors (Lipinski definition) is 1. The number of alkyl halides is 3. The van der Waals surface area contributed by atoms with E-state index in [4.69, 9.17) is 11.6 Å². The number of benzene rings is 2. The van der Waals surface area contributed by atoms with E-state index in [2.05, 4.69) is 10.2 Å². The Bertz CT molecular complexity index is 994. The average molecular weight is 455 g/mol. The minimum atomic E-state index is -4.46. The topological polar surface area (TPSA) is 59.8 Å². The average Bonchev–Trinajstić information content (AvgIpc) is 3.09. The van der Waals surface area contributed by atoms with Crippen molar-refractivity contribution in [2.45, 2.75) is 30.1 Å². The summed E-state index contributed by atoms with van der Waals surface area (Å²) in [5.41, 5.74) is 1.77. The lowest BCUT2D eigenvalue weighted by Gasteiger charge is -2.15. The molecule has 1 aromatic heterocycles. The van der Waals surface area contributed by atoms with Gasteiger partial charge in [0.25, 0.3) is 0 Å². The van der Waals surface area contributed by atoms with Crippen molar-refractivity contribution in [2.24, 2.45) is 0 Å². The molecule has 3 rings (SSSR count). The van der Waals surface area contributed by atoms with Gasteiger partial charge in [0.1, 0.15) is 6.54 Å². The van der Waals surface area contributed by atoms with Crippen LogP contribution in [-0.2, 0) is 11.3 Å². The van der Waals surface area contributed by atoms with E-state index in [9.17, 15) is 18.0 Å².